The van der Waals surface area contributed by atoms with Gasteiger partial charge in [-0.25, -0.2) is 4.39 Å². The molecule has 0 amide bonds. The first-order valence-corrected chi connectivity index (χ1v) is 6.39. The van der Waals surface area contributed by atoms with E-state index in [9.17, 15) is 4.39 Å². The summed E-state index contributed by atoms with van der Waals surface area (Å²) in [6.07, 6.45) is 0.625. The lowest BCUT2D eigenvalue weighted by Gasteiger charge is -2.12. The van der Waals surface area contributed by atoms with Crippen molar-refractivity contribution in [3.05, 3.63) is 63.4 Å². The molecule has 2 aromatic rings. The van der Waals surface area contributed by atoms with Crippen LogP contribution in [0.15, 0.2) is 36.4 Å². The molecule has 0 fully saturated rings. The highest BCUT2D eigenvalue weighted by molar-refractivity contribution is 6.42. The van der Waals surface area contributed by atoms with Crippen molar-refractivity contribution in [2.24, 2.45) is 0 Å². The van der Waals surface area contributed by atoms with E-state index >= 15 is 0 Å². The number of rotatable bonds is 1. The first-order valence-electron chi connectivity index (χ1n) is 5.64. The van der Waals surface area contributed by atoms with Gasteiger partial charge in [-0.1, -0.05) is 35.3 Å². The highest BCUT2D eigenvalue weighted by Crippen LogP contribution is 2.37. The van der Waals surface area contributed by atoms with Crippen molar-refractivity contribution >= 4 is 28.9 Å². The SMILES string of the molecule is Fc1cccc2c1CC(c1ccc(Cl)c(Cl)c1)N2. The second kappa shape index (κ2) is 4.45. The monoisotopic (exact) mass is 281 g/mol. The van der Waals surface area contributed by atoms with Crippen LogP contribution in [0.5, 0.6) is 0 Å². The summed E-state index contributed by atoms with van der Waals surface area (Å²) in [5, 5.41) is 4.35. The molecule has 4 heteroatoms. The van der Waals surface area contributed by atoms with Crippen molar-refractivity contribution in [3.63, 3.8) is 0 Å². The van der Waals surface area contributed by atoms with Crippen LogP contribution in [-0.2, 0) is 6.42 Å². The zero-order chi connectivity index (χ0) is 12.7. The van der Waals surface area contributed by atoms with Crippen molar-refractivity contribution in [3.8, 4) is 0 Å². The molecule has 0 radical (unpaired) electrons. The molecular weight excluding hydrogens is 272 g/mol. The van der Waals surface area contributed by atoms with Gasteiger partial charge in [0.15, 0.2) is 0 Å². The molecule has 0 saturated heterocycles. The molecule has 1 unspecified atom stereocenters. The van der Waals surface area contributed by atoms with Gasteiger partial charge in [-0.2, -0.15) is 0 Å². The third kappa shape index (κ3) is 1.96. The molecule has 0 saturated carbocycles. The minimum absolute atomic E-state index is 0.0478. The van der Waals surface area contributed by atoms with Crippen molar-refractivity contribution in [1.82, 2.24) is 0 Å². The molecule has 1 aliphatic rings. The van der Waals surface area contributed by atoms with Crippen LogP contribution in [0.25, 0.3) is 0 Å². The van der Waals surface area contributed by atoms with Gasteiger partial charge in [0.2, 0.25) is 0 Å². The van der Waals surface area contributed by atoms with Crippen LogP contribution in [0.3, 0.4) is 0 Å². The summed E-state index contributed by atoms with van der Waals surface area (Å²) in [5.74, 6) is -0.164. The Bertz CT molecular complexity index is 613. The molecule has 18 heavy (non-hydrogen) atoms. The van der Waals surface area contributed by atoms with Gasteiger partial charge in [-0.3, -0.25) is 0 Å². The molecule has 1 heterocycles. The van der Waals surface area contributed by atoms with Crippen molar-refractivity contribution in [2.75, 3.05) is 5.32 Å². The van der Waals surface area contributed by atoms with E-state index in [4.69, 9.17) is 23.2 Å². The molecule has 3 rings (SSSR count). The van der Waals surface area contributed by atoms with Gasteiger partial charge in [-0.05, 0) is 29.8 Å². The Labute approximate surface area is 115 Å². The van der Waals surface area contributed by atoms with Crippen molar-refractivity contribution in [2.45, 2.75) is 12.5 Å². The van der Waals surface area contributed by atoms with Crippen LogP contribution >= 0.6 is 23.2 Å². The fraction of sp³-hybridized carbons (Fsp3) is 0.143. The van der Waals surface area contributed by atoms with E-state index in [1.807, 2.05) is 18.2 Å². The van der Waals surface area contributed by atoms with E-state index in [1.165, 1.54) is 6.07 Å². The second-order valence-corrected chi connectivity index (χ2v) is 5.15. The predicted octanol–water partition coefficient (Wildman–Crippen LogP) is 4.84. The molecule has 0 bridgehead atoms. The van der Waals surface area contributed by atoms with E-state index in [0.717, 1.165) is 16.8 Å². The van der Waals surface area contributed by atoms with Gasteiger partial charge in [0.1, 0.15) is 5.82 Å². The normalized spacial score (nSPS) is 17.4. The molecule has 0 aliphatic carbocycles. The standard InChI is InChI=1S/C14H10Cl2FN/c15-10-5-4-8(6-11(10)16)14-7-9-12(17)2-1-3-13(9)18-14/h1-6,14,18H,7H2. The van der Waals surface area contributed by atoms with Crippen LogP contribution in [0.1, 0.15) is 17.2 Å². The average molecular weight is 282 g/mol. The molecule has 92 valence electrons. The van der Waals surface area contributed by atoms with Crippen LogP contribution in [0.4, 0.5) is 10.1 Å². The Morgan fingerprint density at radius 1 is 1.11 bits per heavy atom. The third-order valence-corrected chi connectivity index (χ3v) is 3.94. The zero-order valence-electron chi connectivity index (χ0n) is 9.38. The molecule has 1 nitrogen and oxygen atoms in total. The number of benzene rings is 2. The summed E-state index contributed by atoms with van der Waals surface area (Å²) in [6.45, 7) is 0. The van der Waals surface area contributed by atoms with Crippen LogP contribution in [0, 0.1) is 5.82 Å². The summed E-state index contributed by atoms with van der Waals surface area (Å²) in [6, 6.07) is 10.6. The minimum atomic E-state index is -0.164. The first-order chi connectivity index (χ1) is 8.65. The minimum Gasteiger partial charge on any atom is -0.378 e. The summed E-state index contributed by atoms with van der Waals surface area (Å²) in [7, 11) is 0. The Kier molecular flexibility index (Phi) is 2.92. The van der Waals surface area contributed by atoms with Gasteiger partial charge in [0.05, 0.1) is 16.1 Å². The summed E-state index contributed by atoms with van der Waals surface area (Å²) in [4.78, 5) is 0. The number of fused-ring (bicyclic) bond motifs is 1. The largest absolute Gasteiger partial charge is 0.378 e. The molecule has 0 aromatic heterocycles. The van der Waals surface area contributed by atoms with Gasteiger partial charge in [-0.15, -0.1) is 0 Å². The fourth-order valence-electron chi connectivity index (χ4n) is 2.27. The van der Waals surface area contributed by atoms with Gasteiger partial charge >= 0.3 is 0 Å². The van der Waals surface area contributed by atoms with Crippen molar-refractivity contribution in [1.29, 1.82) is 0 Å². The quantitative estimate of drug-likeness (QED) is 0.789. The van der Waals surface area contributed by atoms with E-state index in [1.54, 1.807) is 12.1 Å². The lowest BCUT2D eigenvalue weighted by molar-refractivity contribution is 0.610. The second-order valence-electron chi connectivity index (χ2n) is 4.34. The fourth-order valence-corrected chi connectivity index (χ4v) is 2.58. The van der Waals surface area contributed by atoms with Crippen LogP contribution in [0.2, 0.25) is 10.0 Å². The lowest BCUT2D eigenvalue weighted by Crippen LogP contribution is -2.05. The number of anilines is 1. The molecular formula is C14H10Cl2FN. The maximum absolute atomic E-state index is 13.6. The van der Waals surface area contributed by atoms with Crippen molar-refractivity contribution < 1.29 is 4.39 Å². The molecule has 2 aromatic carbocycles. The predicted molar refractivity (Wildman–Crippen MR) is 72.9 cm³/mol. The van der Waals surface area contributed by atoms with E-state index in [2.05, 4.69) is 5.32 Å². The Morgan fingerprint density at radius 3 is 2.67 bits per heavy atom. The Morgan fingerprint density at radius 2 is 1.94 bits per heavy atom. The topological polar surface area (TPSA) is 12.0 Å². The van der Waals surface area contributed by atoms with E-state index in [-0.39, 0.29) is 11.9 Å². The van der Waals surface area contributed by atoms with Crippen LogP contribution < -0.4 is 5.32 Å². The lowest BCUT2D eigenvalue weighted by atomic mass is 10.0. The third-order valence-electron chi connectivity index (χ3n) is 3.20. The van der Waals surface area contributed by atoms with Gasteiger partial charge < -0.3 is 5.32 Å². The highest BCUT2D eigenvalue weighted by atomic mass is 35.5. The van der Waals surface area contributed by atoms with E-state index < -0.39 is 0 Å². The highest BCUT2D eigenvalue weighted by Gasteiger charge is 2.24. The summed E-state index contributed by atoms with van der Waals surface area (Å²) >= 11 is 11.9. The maximum Gasteiger partial charge on any atom is 0.128 e. The molecule has 0 spiro atoms. The number of halogens is 3. The summed E-state index contributed by atoms with van der Waals surface area (Å²) in [5.41, 5.74) is 2.60. The average Bonchev–Trinajstić information content (AvgIpc) is 2.78. The number of hydrogen-bond acceptors (Lipinski definition) is 1. The van der Waals surface area contributed by atoms with Gasteiger partial charge in [0.25, 0.3) is 0 Å². The van der Waals surface area contributed by atoms with Gasteiger partial charge in [0, 0.05) is 17.7 Å². The van der Waals surface area contributed by atoms with E-state index in [0.29, 0.717) is 16.5 Å². The number of hydrogen-bond donors (Lipinski definition) is 1. The first kappa shape index (κ1) is 11.8. The molecule has 1 aliphatic heterocycles. The zero-order valence-corrected chi connectivity index (χ0v) is 10.9. The van der Waals surface area contributed by atoms with Crippen LogP contribution in [-0.4, -0.2) is 0 Å². The smallest absolute Gasteiger partial charge is 0.128 e. The Hall–Kier alpha value is -1.25. The Balaban J connectivity index is 1.94. The summed E-state index contributed by atoms with van der Waals surface area (Å²) < 4.78 is 13.6. The maximum atomic E-state index is 13.6. The molecule has 1 atom stereocenters. The molecule has 1 N–H and O–H groups in total. The number of nitrogens with one attached hydrogen (secondary N) is 1.